The first-order chi connectivity index (χ1) is 29.5. The van der Waals surface area contributed by atoms with E-state index < -0.39 is 36.9 Å². The molecule has 0 aliphatic heterocycles. The second kappa shape index (κ2) is 48.6. The minimum Gasteiger partial charge on any atom is -0.394 e. The van der Waals surface area contributed by atoms with E-state index in [-0.39, 0.29) is 0 Å². The molecule has 4 unspecified atom stereocenters. The van der Waals surface area contributed by atoms with Crippen LogP contribution in [0.25, 0.3) is 0 Å². The van der Waals surface area contributed by atoms with Gasteiger partial charge in [0.2, 0.25) is 5.91 Å². The minimum atomic E-state index is -1.29. The van der Waals surface area contributed by atoms with Crippen molar-refractivity contribution in [3.8, 4) is 0 Å². The van der Waals surface area contributed by atoms with E-state index in [1.165, 1.54) is 180 Å². The molecule has 6 nitrogen and oxygen atoms in total. The van der Waals surface area contributed by atoms with E-state index in [0.29, 0.717) is 12.8 Å². The van der Waals surface area contributed by atoms with Crippen LogP contribution in [-0.2, 0) is 4.79 Å². The fraction of sp³-hybridized carbons (Fsp3) is 0.870. The standard InChI is InChI=1S/C54H103NO5/c1-3-5-7-9-11-13-15-17-19-20-21-22-23-24-25-26-27-28-29-30-31-32-33-34-36-37-39-41-43-45-47-51(57)53(59)50(49-56)55-54(60)52(58)48-46-44-42-40-38-35-18-16-14-12-10-8-6-4-2/h12,14,16,18,39,41,50-53,56-59H,3-11,13,15,17,19-38,40,42-49H2,1-2H3,(H,55,60)/b14-12-,18-16-,41-39+. The van der Waals surface area contributed by atoms with Crippen LogP contribution >= 0.6 is 0 Å². The first kappa shape index (κ1) is 58.5. The van der Waals surface area contributed by atoms with Crippen LogP contribution in [0.2, 0.25) is 0 Å². The van der Waals surface area contributed by atoms with E-state index >= 15 is 0 Å². The number of unbranched alkanes of at least 4 members (excludes halogenated alkanes) is 34. The zero-order valence-electron chi connectivity index (χ0n) is 40.0. The summed E-state index contributed by atoms with van der Waals surface area (Å²) in [5.74, 6) is -0.605. The lowest BCUT2D eigenvalue weighted by Gasteiger charge is -2.27. The fourth-order valence-corrected chi connectivity index (χ4v) is 8.16. The molecule has 60 heavy (non-hydrogen) atoms. The van der Waals surface area contributed by atoms with Crippen LogP contribution < -0.4 is 5.32 Å². The highest BCUT2D eigenvalue weighted by atomic mass is 16.3. The third kappa shape index (κ3) is 41.9. The molecule has 1 amide bonds. The smallest absolute Gasteiger partial charge is 0.249 e. The first-order valence-electron chi connectivity index (χ1n) is 26.4. The fourth-order valence-electron chi connectivity index (χ4n) is 8.16. The Morgan fingerprint density at radius 3 is 1.13 bits per heavy atom. The summed E-state index contributed by atoms with van der Waals surface area (Å²) in [4.78, 5) is 12.5. The molecule has 0 fully saturated rings. The van der Waals surface area contributed by atoms with Crippen LogP contribution in [-0.4, -0.2) is 57.3 Å². The lowest BCUT2D eigenvalue weighted by molar-refractivity contribution is -0.132. The summed E-state index contributed by atoms with van der Waals surface area (Å²) in [6.45, 7) is 4.02. The highest BCUT2D eigenvalue weighted by Gasteiger charge is 2.28. The number of hydrogen-bond donors (Lipinski definition) is 5. The third-order valence-electron chi connectivity index (χ3n) is 12.4. The minimum absolute atomic E-state index is 0.345. The molecule has 354 valence electrons. The molecule has 0 rings (SSSR count). The molecule has 5 N–H and O–H groups in total. The Balaban J connectivity index is 3.63. The van der Waals surface area contributed by atoms with Gasteiger partial charge in [-0.1, -0.05) is 243 Å². The highest BCUT2D eigenvalue weighted by Crippen LogP contribution is 2.17. The molecule has 0 saturated heterocycles. The van der Waals surface area contributed by atoms with Gasteiger partial charge in [0.15, 0.2) is 0 Å². The third-order valence-corrected chi connectivity index (χ3v) is 12.4. The van der Waals surface area contributed by atoms with Crippen molar-refractivity contribution in [1.29, 1.82) is 0 Å². The molecule has 0 aliphatic rings. The summed E-state index contributed by atoms with van der Waals surface area (Å²) in [7, 11) is 0. The molecule has 0 aromatic rings. The second-order valence-electron chi connectivity index (χ2n) is 18.2. The topological polar surface area (TPSA) is 110 Å². The van der Waals surface area contributed by atoms with Gasteiger partial charge in [0.25, 0.3) is 0 Å². The van der Waals surface area contributed by atoms with Gasteiger partial charge in [0.05, 0.1) is 18.8 Å². The Labute approximate surface area is 373 Å². The van der Waals surface area contributed by atoms with Crippen molar-refractivity contribution in [1.82, 2.24) is 5.32 Å². The number of carbonyl (C=O) groups is 1. The lowest BCUT2D eigenvalue weighted by Crippen LogP contribution is -2.53. The maximum atomic E-state index is 12.5. The Bertz CT molecular complexity index is 950. The predicted octanol–water partition coefficient (Wildman–Crippen LogP) is 14.9. The molecule has 0 radical (unpaired) electrons. The molecule has 0 aromatic carbocycles. The number of hydrogen-bond acceptors (Lipinski definition) is 5. The number of allylic oxidation sites excluding steroid dienone is 6. The van der Waals surface area contributed by atoms with Crippen LogP contribution in [0.5, 0.6) is 0 Å². The molecule has 0 bridgehead atoms. The van der Waals surface area contributed by atoms with Crippen molar-refractivity contribution >= 4 is 5.91 Å². The van der Waals surface area contributed by atoms with Crippen molar-refractivity contribution in [2.24, 2.45) is 0 Å². The molecule has 0 heterocycles. The summed E-state index contributed by atoms with van der Waals surface area (Å²) in [6, 6.07) is -1.01. The number of aliphatic hydroxyl groups is 4. The molecule has 0 aromatic heterocycles. The molecule has 0 aliphatic carbocycles. The number of carbonyl (C=O) groups excluding carboxylic acids is 1. The average molecular weight is 846 g/mol. The highest BCUT2D eigenvalue weighted by molar-refractivity contribution is 5.80. The molecule has 6 heteroatoms. The number of rotatable bonds is 48. The van der Waals surface area contributed by atoms with Crippen LogP contribution in [0.15, 0.2) is 36.5 Å². The van der Waals surface area contributed by atoms with E-state index in [9.17, 15) is 25.2 Å². The maximum absolute atomic E-state index is 12.5. The zero-order valence-corrected chi connectivity index (χ0v) is 40.0. The Morgan fingerprint density at radius 2 is 0.733 bits per heavy atom. The first-order valence-corrected chi connectivity index (χ1v) is 26.4. The van der Waals surface area contributed by atoms with Gasteiger partial charge in [-0.25, -0.2) is 0 Å². The van der Waals surface area contributed by atoms with E-state index in [1.54, 1.807) is 0 Å². The van der Waals surface area contributed by atoms with Gasteiger partial charge in [0, 0.05) is 0 Å². The Hall–Kier alpha value is -1.47. The number of aliphatic hydroxyl groups excluding tert-OH is 4. The van der Waals surface area contributed by atoms with Gasteiger partial charge in [-0.2, -0.15) is 0 Å². The van der Waals surface area contributed by atoms with E-state index in [4.69, 9.17) is 0 Å². The Morgan fingerprint density at radius 1 is 0.417 bits per heavy atom. The monoisotopic (exact) mass is 846 g/mol. The maximum Gasteiger partial charge on any atom is 0.249 e. The van der Waals surface area contributed by atoms with Crippen LogP contribution in [0.1, 0.15) is 271 Å². The van der Waals surface area contributed by atoms with Gasteiger partial charge >= 0.3 is 0 Å². The van der Waals surface area contributed by atoms with Gasteiger partial charge in [-0.05, 0) is 64.2 Å². The van der Waals surface area contributed by atoms with Crippen LogP contribution in [0.3, 0.4) is 0 Å². The summed E-state index contributed by atoms with van der Waals surface area (Å²) in [5, 5.41) is 43.8. The van der Waals surface area contributed by atoms with Crippen LogP contribution in [0.4, 0.5) is 0 Å². The average Bonchev–Trinajstić information content (AvgIpc) is 3.25. The zero-order chi connectivity index (χ0) is 43.8. The molecule has 4 atom stereocenters. The summed E-state index contributed by atoms with van der Waals surface area (Å²) in [5.41, 5.74) is 0. The Kier molecular flexibility index (Phi) is 47.4. The SMILES string of the molecule is CCCCC/C=C\C=C/CCCCCCCC(O)C(=O)NC(CO)C(O)C(O)CCC/C=C/CCCCCCCCCCCCCCCCCCCCCCCCCCC. The molecular formula is C54H103NO5. The summed E-state index contributed by atoms with van der Waals surface area (Å²) in [6.07, 6.45) is 59.3. The number of nitrogens with one attached hydrogen (secondary N) is 1. The van der Waals surface area contributed by atoms with E-state index in [1.807, 2.05) is 0 Å². The van der Waals surface area contributed by atoms with Crippen LogP contribution in [0, 0.1) is 0 Å². The second-order valence-corrected chi connectivity index (χ2v) is 18.2. The number of amides is 1. The van der Waals surface area contributed by atoms with Gasteiger partial charge in [-0.3, -0.25) is 4.79 Å². The quantitative estimate of drug-likeness (QED) is 0.0238. The van der Waals surface area contributed by atoms with Crippen molar-refractivity contribution in [3.05, 3.63) is 36.5 Å². The van der Waals surface area contributed by atoms with Crippen molar-refractivity contribution in [2.75, 3.05) is 6.61 Å². The van der Waals surface area contributed by atoms with Gasteiger partial charge < -0.3 is 25.7 Å². The summed E-state index contributed by atoms with van der Waals surface area (Å²) >= 11 is 0. The molecule has 0 saturated carbocycles. The van der Waals surface area contributed by atoms with Crippen molar-refractivity contribution in [3.63, 3.8) is 0 Å². The van der Waals surface area contributed by atoms with Gasteiger partial charge in [0.1, 0.15) is 12.2 Å². The largest absolute Gasteiger partial charge is 0.394 e. The summed E-state index contributed by atoms with van der Waals surface area (Å²) < 4.78 is 0. The van der Waals surface area contributed by atoms with Crippen molar-refractivity contribution in [2.45, 2.75) is 295 Å². The molecular weight excluding hydrogens is 743 g/mol. The lowest BCUT2D eigenvalue weighted by atomic mass is 10.00. The van der Waals surface area contributed by atoms with Gasteiger partial charge in [-0.15, -0.1) is 0 Å². The predicted molar refractivity (Wildman–Crippen MR) is 260 cm³/mol. The molecule has 0 spiro atoms. The van der Waals surface area contributed by atoms with E-state index in [0.717, 1.165) is 64.2 Å². The normalized spacial score (nSPS) is 14.2. The van der Waals surface area contributed by atoms with Crippen molar-refractivity contribution < 1.29 is 25.2 Å². The van der Waals surface area contributed by atoms with E-state index in [2.05, 4.69) is 55.6 Å².